The first kappa shape index (κ1) is 17.8. The Balaban J connectivity index is 1.45. The molecule has 7 nitrogen and oxygen atoms in total. The molecule has 26 heavy (non-hydrogen) atoms. The van der Waals surface area contributed by atoms with Crippen molar-refractivity contribution in [3.05, 3.63) is 52.2 Å². The van der Waals surface area contributed by atoms with Crippen molar-refractivity contribution in [2.45, 2.75) is 6.42 Å². The SMILES string of the molecule is O=C(COC(=O)CN1C(=O)C(=O)c2ccccc21)NCCc1cccs1. The van der Waals surface area contributed by atoms with Gasteiger partial charge in [-0.2, -0.15) is 0 Å². The van der Waals surface area contributed by atoms with Crippen LogP contribution >= 0.6 is 11.3 Å². The van der Waals surface area contributed by atoms with E-state index in [1.807, 2.05) is 17.5 Å². The van der Waals surface area contributed by atoms with Gasteiger partial charge >= 0.3 is 5.97 Å². The van der Waals surface area contributed by atoms with Gasteiger partial charge in [-0.25, -0.2) is 0 Å². The Labute approximate surface area is 153 Å². The lowest BCUT2D eigenvalue weighted by Gasteiger charge is -2.15. The molecule has 2 amide bonds. The molecule has 0 saturated heterocycles. The molecule has 0 bridgehead atoms. The molecule has 1 aliphatic rings. The smallest absolute Gasteiger partial charge is 0.326 e. The summed E-state index contributed by atoms with van der Waals surface area (Å²) < 4.78 is 4.90. The second kappa shape index (κ2) is 7.92. The molecule has 8 heteroatoms. The van der Waals surface area contributed by atoms with E-state index < -0.39 is 36.7 Å². The number of carbonyl (C=O) groups is 4. The number of nitrogens with one attached hydrogen (secondary N) is 1. The molecular formula is C18H16N2O5S. The van der Waals surface area contributed by atoms with E-state index in [1.165, 1.54) is 6.07 Å². The number of hydrogen-bond acceptors (Lipinski definition) is 6. The van der Waals surface area contributed by atoms with Crippen molar-refractivity contribution < 1.29 is 23.9 Å². The predicted octanol–water partition coefficient (Wildman–Crippen LogP) is 1.18. The quantitative estimate of drug-likeness (QED) is 0.582. The third-order valence-corrected chi connectivity index (χ3v) is 4.74. The maximum Gasteiger partial charge on any atom is 0.326 e. The van der Waals surface area contributed by atoms with Crippen molar-refractivity contribution in [3.63, 3.8) is 0 Å². The first-order valence-corrected chi connectivity index (χ1v) is 8.84. The second-order valence-electron chi connectivity index (χ2n) is 5.58. The fraction of sp³-hybridized carbons (Fsp3) is 0.222. The van der Waals surface area contributed by atoms with Crippen LogP contribution in [0.15, 0.2) is 41.8 Å². The van der Waals surface area contributed by atoms with Gasteiger partial charge in [-0.15, -0.1) is 11.3 Å². The van der Waals surface area contributed by atoms with Crippen LogP contribution in [-0.4, -0.2) is 43.3 Å². The largest absolute Gasteiger partial charge is 0.454 e. The summed E-state index contributed by atoms with van der Waals surface area (Å²) in [6.07, 6.45) is 0.707. The molecule has 3 rings (SSSR count). The van der Waals surface area contributed by atoms with Gasteiger partial charge in [-0.3, -0.25) is 24.1 Å². The van der Waals surface area contributed by atoms with Gasteiger partial charge in [-0.1, -0.05) is 18.2 Å². The van der Waals surface area contributed by atoms with Crippen LogP contribution in [0.4, 0.5) is 5.69 Å². The lowest BCUT2D eigenvalue weighted by atomic mass is 10.1. The van der Waals surface area contributed by atoms with Crippen LogP contribution in [0.25, 0.3) is 0 Å². The zero-order valence-electron chi connectivity index (χ0n) is 13.8. The number of esters is 1. The Morgan fingerprint density at radius 2 is 1.92 bits per heavy atom. The average molecular weight is 372 g/mol. The van der Waals surface area contributed by atoms with Crippen molar-refractivity contribution in [2.75, 3.05) is 24.6 Å². The summed E-state index contributed by atoms with van der Waals surface area (Å²) in [4.78, 5) is 49.7. The van der Waals surface area contributed by atoms with E-state index >= 15 is 0 Å². The van der Waals surface area contributed by atoms with Gasteiger partial charge in [0.15, 0.2) is 6.61 Å². The number of para-hydroxylation sites is 1. The zero-order chi connectivity index (χ0) is 18.5. The molecule has 2 aromatic rings. The van der Waals surface area contributed by atoms with Gasteiger partial charge in [0.2, 0.25) is 0 Å². The number of amides is 2. The zero-order valence-corrected chi connectivity index (χ0v) is 14.6. The summed E-state index contributed by atoms with van der Waals surface area (Å²) in [5.41, 5.74) is 0.636. The number of ether oxygens (including phenoxy) is 1. The van der Waals surface area contributed by atoms with Gasteiger partial charge in [0, 0.05) is 11.4 Å². The van der Waals surface area contributed by atoms with E-state index in [2.05, 4.69) is 5.32 Å². The fourth-order valence-corrected chi connectivity index (χ4v) is 3.27. The third kappa shape index (κ3) is 3.97. The van der Waals surface area contributed by atoms with Gasteiger partial charge in [-0.05, 0) is 30.0 Å². The summed E-state index contributed by atoms with van der Waals surface area (Å²) in [6.45, 7) is -0.394. The number of benzene rings is 1. The first-order chi connectivity index (χ1) is 12.6. The van der Waals surface area contributed by atoms with Crippen molar-refractivity contribution in [1.29, 1.82) is 0 Å². The molecule has 134 valence electrons. The minimum atomic E-state index is -0.774. The van der Waals surface area contributed by atoms with Crippen LogP contribution in [0, 0.1) is 0 Å². The maximum atomic E-state index is 12.0. The number of hydrogen-bond donors (Lipinski definition) is 1. The van der Waals surface area contributed by atoms with E-state index in [4.69, 9.17) is 4.74 Å². The van der Waals surface area contributed by atoms with Crippen LogP contribution in [0.5, 0.6) is 0 Å². The van der Waals surface area contributed by atoms with Crippen molar-refractivity contribution in [1.82, 2.24) is 5.32 Å². The molecule has 1 aliphatic heterocycles. The highest BCUT2D eigenvalue weighted by atomic mass is 32.1. The Morgan fingerprint density at radius 3 is 2.69 bits per heavy atom. The summed E-state index contributed by atoms with van der Waals surface area (Å²) in [7, 11) is 0. The van der Waals surface area contributed by atoms with Crippen LogP contribution < -0.4 is 10.2 Å². The normalized spacial score (nSPS) is 12.8. The Hall–Kier alpha value is -3.00. The topological polar surface area (TPSA) is 92.8 Å². The summed E-state index contributed by atoms with van der Waals surface area (Å²) >= 11 is 1.60. The minimum Gasteiger partial charge on any atom is -0.454 e. The molecule has 0 radical (unpaired) electrons. The number of rotatable bonds is 7. The fourth-order valence-electron chi connectivity index (χ4n) is 2.56. The van der Waals surface area contributed by atoms with E-state index in [0.29, 0.717) is 18.7 Å². The molecule has 0 fully saturated rings. The number of ketones is 1. The molecule has 1 aromatic carbocycles. The number of fused-ring (bicyclic) bond motifs is 1. The minimum absolute atomic E-state index is 0.261. The summed E-state index contributed by atoms with van der Waals surface area (Å²) in [5, 5.41) is 4.62. The van der Waals surface area contributed by atoms with E-state index in [0.717, 1.165) is 9.78 Å². The first-order valence-electron chi connectivity index (χ1n) is 7.96. The van der Waals surface area contributed by atoms with Crippen LogP contribution in [-0.2, 0) is 25.5 Å². The van der Waals surface area contributed by atoms with Crippen LogP contribution in [0.2, 0.25) is 0 Å². The second-order valence-corrected chi connectivity index (χ2v) is 6.61. The van der Waals surface area contributed by atoms with Crippen molar-refractivity contribution in [2.24, 2.45) is 0 Å². The molecule has 0 aliphatic carbocycles. The number of Topliss-reactive ketones (excluding diaryl/α,β-unsaturated/α-hetero) is 1. The average Bonchev–Trinajstić information content (AvgIpc) is 3.24. The highest BCUT2D eigenvalue weighted by Gasteiger charge is 2.36. The number of nitrogens with zero attached hydrogens (tertiary/aromatic N) is 1. The van der Waals surface area contributed by atoms with E-state index in [1.54, 1.807) is 29.5 Å². The molecule has 1 N–H and O–H groups in total. The van der Waals surface area contributed by atoms with E-state index in [-0.39, 0.29) is 5.56 Å². The van der Waals surface area contributed by atoms with Crippen LogP contribution in [0.1, 0.15) is 15.2 Å². The molecule has 1 aromatic heterocycles. The summed E-state index contributed by atoms with van der Waals surface area (Å²) in [5.74, 6) is -2.60. The van der Waals surface area contributed by atoms with Crippen LogP contribution in [0.3, 0.4) is 0 Å². The highest BCUT2D eigenvalue weighted by molar-refractivity contribution is 7.09. The summed E-state index contributed by atoms with van der Waals surface area (Å²) in [6, 6.07) is 10.3. The van der Waals surface area contributed by atoms with E-state index in [9.17, 15) is 19.2 Å². The van der Waals surface area contributed by atoms with Crippen molar-refractivity contribution in [3.8, 4) is 0 Å². The molecule has 0 saturated carbocycles. The molecular weight excluding hydrogens is 356 g/mol. The molecule has 2 heterocycles. The van der Waals surface area contributed by atoms with Gasteiger partial charge < -0.3 is 10.1 Å². The molecule has 0 atom stereocenters. The molecule has 0 unspecified atom stereocenters. The molecule has 0 spiro atoms. The van der Waals surface area contributed by atoms with Crippen molar-refractivity contribution >= 4 is 40.6 Å². The number of carbonyl (C=O) groups excluding carboxylic acids is 4. The Kier molecular flexibility index (Phi) is 5.43. The standard InChI is InChI=1S/C18H16N2O5S/c21-15(19-8-7-12-4-3-9-26-12)11-25-16(22)10-20-14-6-2-1-5-13(14)17(23)18(20)24/h1-6,9H,7-8,10-11H2,(H,19,21). The predicted molar refractivity (Wildman–Crippen MR) is 95.1 cm³/mol. The van der Waals surface area contributed by atoms with Gasteiger partial charge in [0.25, 0.3) is 17.6 Å². The lowest BCUT2D eigenvalue weighted by Crippen LogP contribution is -2.37. The number of thiophene rings is 1. The third-order valence-electron chi connectivity index (χ3n) is 3.80. The highest BCUT2D eigenvalue weighted by Crippen LogP contribution is 2.28. The Morgan fingerprint density at radius 1 is 1.12 bits per heavy atom. The maximum absolute atomic E-state index is 12.0. The van der Waals surface area contributed by atoms with Gasteiger partial charge in [0.05, 0.1) is 11.3 Å². The number of anilines is 1. The lowest BCUT2D eigenvalue weighted by molar-refractivity contribution is -0.147. The monoisotopic (exact) mass is 372 g/mol. The Bertz CT molecular complexity index is 847. The van der Waals surface area contributed by atoms with Gasteiger partial charge in [0.1, 0.15) is 6.54 Å².